The molecule has 1 heterocycles. The lowest BCUT2D eigenvalue weighted by Crippen LogP contribution is -2.56. The van der Waals surface area contributed by atoms with E-state index in [4.69, 9.17) is 4.74 Å². The van der Waals surface area contributed by atoms with Crippen LogP contribution in [0.4, 0.5) is 0 Å². The molecule has 1 aromatic heterocycles. The van der Waals surface area contributed by atoms with Crippen LogP contribution >= 0.6 is 0 Å². The zero-order valence-electron chi connectivity index (χ0n) is 13.9. The van der Waals surface area contributed by atoms with E-state index in [9.17, 15) is 5.11 Å². The monoisotopic (exact) mass is 303 g/mol. The van der Waals surface area contributed by atoms with Gasteiger partial charge in [-0.3, -0.25) is 0 Å². The molecule has 1 aromatic carbocycles. The van der Waals surface area contributed by atoms with Gasteiger partial charge >= 0.3 is 0 Å². The summed E-state index contributed by atoms with van der Waals surface area (Å²) in [4.78, 5) is 3.94. The third-order valence-corrected chi connectivity index (χ3v) is 4.17. The van der Waals surface area contributed by atoms with E-state index >= 15 is 0 Å². The fraction of sp³-hybridized carbons (Fsp3) is 0.529. The van der Waals surface area contributed by atoms with Crippen LogP contribution in [0.1, 0.15) is 33.3 Å². The van der Waals surface area contributed by atoms with Crippen LogP contribution in [0.15, 0.2) is 36.9 Å². The number of aryl methyl sites for hydroxylation is 1. The minimum atomic E-state index is -1.09. The Bertz CT molecular complexity index is 587. The van der Waals surface area contributed by atoms with Crippen molar-refractivity contribution < 1.29 is 9.84 Å². The van der Waals surface area contributed by atoms with E-state index in [-0.39, 0.29) is 5.41 Å². The van der Waals surface area contributed by atoms with Gasteiger partial charge in [-0.25, -0.2) is 9.67 Å². The van der Waals surface area contributed by atoms with E-state index in [0.717, 1.165) is 5.75 Å². The van der Waals surface area contributed by atoms with Crippen LogP contribution in [0.3, 0.4) is 0 Å². The first-order valence-electron chi connectivity index (χ1n) is 7.50. The molecule has 1 N–H and O–H groups in total. The minimum absolute atomic E-state index is 0.323. The Morgan fingerprint density at radius 1 is 1.23 bits per heavy atom. The molecule has 22 heavy (non-hydrogen) atoms. The van der Waals surface area contributed by atoms with Crippen molar-refractivity contribution in [2.24, 2.45) is 5.41 Å². The predicted molar refractivity (Wildman–Crippen MR) is 85.7 cm³/mol. The summed E-state index contributed by atoms with van der Waals surface area (Å²) >= 11 is 0. The molecule has 0 saturated heterocycles. The number of rotatable bonds is 5. The zero-order valence-corrected chi connectivity index (χ0v) is 13.9. The number of benzene rings is 1. The fourth-order valence-corrected chi connectivity index (χ4v) is 2.46. The summed E-state index contributed by atoms with van der Waals surface area (Å²) < 4.78 is 7.64. The number of aromatic nitrogens is 3. The van der Waals surface area contributed by atoms with Gasteiger partial charge in [0.25, 0.3) is 0 Å². The summed E-state index contributed by atoms with van der Waals surface area (Å²) in [6, 6.07) is 7.83. The Balaban J connectivity index is 2.22. The quantitative estimate of drug-likeness (QED) is 0.922. The maximum atomic E-state index is 11.3. The normalized spacial score (nSPS) is 16.1. The summed E-state index contributed by atoms with van der Waals surface area (Å²) in [5, 5.41) is 15.4. The number of hydrogen-bond donors (Lipinski definition) is 1. The van der Waals surface area contributed by atoms with Gasteiger partial charge in [0.2, 0.25) is 0 Å². The van der Waals surface area contributed by atoms with Gasteiger partial charge in [0.1, 0.15) is 30.1 Å². The molecule has 0 aliphatic heterocycles. The van der Waals surface area contributed by atoms with Crippen LogP contribution in [0.5, 0.6) is 5.75 Å². The Morgan fingerprint density at radius 2 is 1.86 bits per heavy atom. The Hall–Kier alpha value is -1.88. The smallest absolute Gasteiger partial charge is 0.137 e. The second kappa shape index (κ2) is 6.08. The number of nitrogens with zero attached hydrogens (tertiary/aromatic N) is 3. The van der Waals surface area contributed by atoms with Gasteiger partial charge in [-0.15, -0.1) is 0 Å². The van der Waals surface area contributed by atoms with Gasteiger partial charge < -0.3 is 9.84 Å². The average molecular weight is 303 g/mol. The third-order valence-electron chi connectivity index (χ3n) is 4.17. The summed E-state index contributed by atoms with van der Waals surface area (Å²) in [7, 11) is 0. The summed E-state index contributed by atoms with van der Waals surface area (Å²) in [6.45, 7) is 10.2. The summed E-state index contributed by atoms with van der Waals surface area (Å²) in [6.07, 6.45) is 2.67. The van der Waals surface area contributed by atoms with Gasteiger partial charge in [0.05, 0.1) is 6.54 Å². The molecule has 0 amide bonds. The molecule has 0 aliphatic carbocycles. The van der Waals surface area contributed by atoms with Crippen molar-refractivity contribution in [2.45, 2.75) is 52.9 Å². The van der Waals surface area contributed by atoms with Crippen molar-refractivity contribution in [3.63, 3.8) is 0 Å². The second-order valence-corrected chi connectivity index (χ2v) is 6.84. The highest BCUT2D eigenvalue weighted by Crippen LogP contribution is 2.36. The van der Waals surface area contributed by atoms with Crippen LogP contribution in [-0.2, 0) is 6.54 Å². The average Bonchev–Trinajstić information content (AvgIpc) is 2.92. The molecule has 0 spiro atoms. The molecule has 0 fully saturated rings. The Labute approximate surface area is 132 Å². The molecule has 2 aromatic rings. The first kappa shape index (κ1) is 16.5. The van der Waals surface area contributed by atoms with E-state index in [2.05, 4.69) is 10.1 Å². The van der Waals surface area contributed by atoms with Gasteiger partial charge in [0, 0.05) is 0 Å². The van der Waals surface area contributed by atoms with Gasteiger partial charge in [-0.05, 0) is 31.4 Å². The van der Waals surface area contributed by atoms with Crippen molar-refractivity contribution in [1.82, 2.24) is 14.8 Å². The van der Waals surface area contributed by atoms with Gasteiger partial charge in [0.15, 0.2) is 0 Å². The van der Waals surface area contributed by atoms with Crippen LogP contribution in [-0.4, -0.2) is 31.6 Å². The lowest BCUT2D eigenvalue weighted by Gasteiger charge is -2.44. The second-order valence-electron chi connectivity index (χ2n) is 6.84. The van der Waals surface area contributed by atoms with Crippen molar-refractivity contribution in [2.75, 3.05) is 0 Å². The van der Waals surface area contributed by atoms with Crippen LogP contribution < -0.4 is 4.74 Å². The van der Waals surface area contributed by atoms with E-state index < -0.39 is 11.7 Å². The molecule has 0 radical (unpaired) electrons. The standard InChI is InChI=1S/C17H25N3O2/c1-13-6-8-15(9-7-13)22-14(2)17(21,16(3,4)5)10-20-12-18-11-19-20/h6-9,11-12,14,21H,10H2,1-5H3. The fourth-order valence-electron chi connectivity index (χ4n) is 2.46. The first-order chi connectivity index (χ1) is 10.2. The lowest BCUT2D eigenvalue weighted by atomic mass is 9.73. The maximum absolute atomic E-state index is 11.3. The molecule has 2 unspecified atom stereocenters. The number of hydrogen-bond acceptors (Lipinski definition) is 4. The molecule has 5 nitrogen and oxygen atoms in total. The molecule has 5 heteroatoms. The van der Waals surface area contributed by atoms with Crippen LogP contribution in [0.25, 0.3) is 0 Å². The molecule has 0 saturated carbocycles. The minimum Gasteiger partial charge on any atom is -0.488 e. The number of aliphatic hydroxyl groups is 1. The molecule has 0 bridgehead atoms. The van der Waals surface area contributed by atoms with E-state index in [1.54, 1.807) is 11.0 Å². The van der Waals surface area contributed by atoms with Gasteiger partial charge in [-0.1, -0.05) is 38.5 Å². The first-order valence-corrected chi connectivity index (χ1v) is 7.50. The summed E-state index contributed by atoms with van der Waals surface area (Å²) in [5.41, 5.74) is -0.303. The highest BCUT2D eigenvalue weighted by molar-refractivity contribution is 5.26. The third kappa shape index (κ3) is 3.47. The topological polar surface area (TPSA) is 60.2 Å². The van der Waals surface area contributed by atoms with Crippen molar-refractivity contribution in [3.8, 4) is 5.75 Å². The van der Waals surface area contributed by atoms with Crippen LogP contribution in [0.2, 0.25) is 0 Å². The predicted octanol–water partition coefficient (Wildman–Crippen LogP) is 2.83. The van der Waals surface area contributed by atoms with Crippen molar-refractivity contribution >= 4 is 0 Å². The lowest BCUT2D eigenvalue weighted by molar-refractivity contribution is -0.137. The molecule has 120 valence electrons. The van der Waals surface area contributed by atoms with Gasteiger partial charge in [-0.2, -0.15) is 5.10 Å². The van der Waals surface area contributed by atoms with Crippen molar-refractivity contribution in [1.29, 1.82) is 0 Å². The summed E-state index contributed by atoms with van der Waals surface area (Å²) in [5.74, 6) is 0.749. The molecular formula is C17H25N3O2. The highest BCUT2D eigenvalue weighted by Gasteiger charge is 2.47. The molecule has 2 atom stereocenters. The van der Waals surface area contributed by atoms with Crippen LogP contribution in [0, 0.1) is 12.3 Å². The molecule has 2 rings (SSSR count). The highest BCUT2D eigenvalue weighted by atomic mass is 16.5. The SMILES string of the molecule is Cc1ccc(OC(C)C(O)(Cn2cncn2)C(C)(C)C)cc1. The van der Waals surface area contributed by atoms with E-state index in [1.165, 1.54) is 11.9 Å². The maximum Gasteiger partial charge on any atom is 0.137 e. The largest absolute Gasteiger partial charge is 0.488 e. The molecule has 0 aliphatic rings. The van der Waals surface area contributed by atoms with E-state index in [0.29, 0.717) is 6.54 Å². The van der Waals surface area contributed by atoms with E-state index in [1.807, 2.05) is 58.9 Å². The molecular weight excluding hydrogens is 278 g/mol. The van der Waals surface area contributed by atoms with Crippen molar-refractivity contribution in [3.05, 3.63) is 42.5 Å². The zero-order chi connectivity index (χ0) is 16.4. The Morgan fingerprint density at radius 3 is 2.36 bits per heavy atom. The number of ether oxygens (including phenoxy) is 1. The Kier molecular flexibility index (Phi) is 4.56.